The number of aryl methyl sites for hydroxylation is 1. The molecule has 2 aromatic rings. The van der Waals surface area contributed by atoms with Crippen LogP contribution in [0.5, 0.6) is 0 Å². The third-order valence-electron chi connectivity index (χ3n) is 8.92. The molecule has 0 radical (unpaired) electrons. The molecular formula is C31H34FN3O4. The number of halogens is 1. The van der Waals surface area contributed by atoms with Crippen LogP contribution in [-0.2, 0) is 25.7 Å². The Morgan fingerprint density at radius 2 is 1.87 bits per heavy atom. The van der Waals surface area contributed by atoms with Crippen LogP contribution in [0, 0.1) is 30.5 Å². The van der Waals surface area contributed by atoms with Crippen LogP contribution in [0.2, 0.25) is 0 Å². The van der Waals surface area contributed by atoms with E-state index in [-0.39, 0.29) is 36.1 Å². The molecule has 1 spiro atoms. The molecule has 7 atom stereocenters. The highest BCUT2D eigenvalue weighted by Crippen LogP contribution is 2.55. The Morgan fingerprint density at radius 3 is 2.62 bits per heavy atom. The zero-order valence-electron chi connectivity index (χ0n) is 22.2. The molecule has 39 heavy (non-hydrogen) atoms. The lowest BCUT2D eigenvalue weighted by atomic mass is 9.74. The van der Waals surface area contributed by atoms with Crippen LogP contribution in [0.25, 0.3) is 0 Å². The van der Waals surface area contributed by atoms with Gasteiger partial charge in [0.05, 0.1) is 17.9 Å². The number of anilines is 1. The molecule has 1 saturated carbocycles. The summed E-state index contributed by atoms with van der Waals surface area (Å²) in [7, 11) is 0. The van der Waals surface area contributed by atoms with Gasteiger partial charge in [0.1, 0.15) is 17.5 Å². The summed E-state index contributed by atoms with van der Waals surface area (Å²) in [4.78, 5) is 43.3. The molecule has 204 valence electrons. The number of nitrogens with one attached hydrogen (secondary N) is 2. The summed E-state index contributed by atoms with van der Waals surface area (Å²) in [5, 5.41) is 6.19. The molecule has 1 aliphatic carbocycles. The molecule has 2 aromatic carbocycles. The average Bonchev–Trinajstić information content (AvgIpc) is 3.54. The van der Waals surface area contributed by atoms with Gasteiger partial charge in [-0.15, -0.1) is 0 Å². The van der Waals surface area contributed by atoms with Crippen molar-refractivity contribution in [1.82, 2.24) is 10.2 Å². The standard InChI is InChI=1S/C31H34FN3O4/c1-18-6-5-8-22(16-18)33-28(36)25-24-14-15-31(39-24)26(25)30(38)35(17-20-10-12-21(32)13-11-20)27(31)29(37)34-23-9-4-3-7-19(23)2/h5-6,8,10-16,19,23-27H,3-4,7,9,17H2,1-2H3,(H,33,36)(H,34,37)/t19-,23-,24+,25-,26+,27+,31+/m0/s1. The number of hydrogen-bond donors (Lipinski definition) is 2. The number of hydrogen-bond acceptors (Lipinski definition) is 4. The molecule has 0 aromatic heterocycles. The Morgan fingerprint density at radius 1 is 1.10 bits per heavy atom. The molecule has 4 aliphatic rings. The predicted octanol–water partition coefficient (Wildman–Crippen LogP) is 4.12. The Labute approximate surface area is 227 Å². The zero-order valence-corrected chi connectivity index (χ0v) is 22.2. The van der Waals surface area contributed by atoms with Crippen molar-refractivity contribution in [2.75, 3.05) is 5.32 Å². The van der Waals surface area contributed by atoms with Crippen LogP contribution in [-0.4, -0.2) is 46.4 Å². The van der Waals surface area contributed by atoms with Gasteiger partial charge in [-0.1, -0.05) is 56.2 Å². The molecule has 3 fully saturated rings. The first-order valence-electron chi connectivity index (χ1n) is 13.9. The highest BCUT2D eigenvalue weighted by molar-refractivity contribution is 6.02. The van der Waals surface area contributed by atoms with E-state index >= 15 is 0 Å². The first-order valence-corrected chi connectivity index (χ1v) is 13.9. The second kappa shape index (κ2) is 9.90. The molecule has 2 N–H and O–H groups in total. The number of nitrogens with zero attached hydrogens (tertiary/aromatic N) is 1. The minimum atomic E-state index is -1.24. The minimum Gasteiger partial charge on any atom is -0.359 e. The maximum absolute atomic E-state index is 14.1. The van der Waals surface area contributed by atoms with Crippen LogP contribution < -0.4 is 10.6 Å². The minimum absolute atomic E-state index is 0.0208. The van der Waals surface area contributed by atoms with Crippen LogP contribution in [0.1, 0.15) is 43.7 Å². The monoisotopic (exact) mass is 531 g/mol. The lowest BCUT2D eigenvalue weighted by molar-refractivity contribution is -0.142. The highest BCUT2D eigenvalue weighted by Gasteiger charge is 2.72. The molecule has 0 unspecified atom stereocenters. The second-order valence-corrected chi connectivity index (χ2v) is 11.5. The molecule has 7 nitrogen and oxygen atoms in total. The van der Waals surface area contributed by atoms with E-state index in [4.69, 9.17) is 4.74 Å². The maximum Gasteiger partial charge on any atom is 0.246 e. The number of carbonyl (C=O) groups is 3. The van der Waals surface area contributed by atoms with E-state index in [9.17, 15) is 18.8 Å². The number of ether oxygens (including phenoxy) is 1. The Balaban J connectivity index is 1.33. The summed E-state index contributed by atoms with van der Waals surface area (Å²) in [5.74, 6) is -2.52. The molecular weight excluding hydrogens is 497 g/mol. The number of benzene rings is 2. The largest absolute Gasteiger partial charge is 0.359 e. The van der Waals surface area contributed by atoms with Gasteiger partial charge < -0.3 is 20.3 Å². The van der Waals surface area contributed by atoms with Crippen LogP contribution in [0.15, 0.2) is 60.7 Å². The maximum atomic E-state index is 14.1. The predicted molar refractivity (Wildman–Crippen MR) is 144 cm³/mol. The van der Waals surface area contributed by atoms with Gasteiger partial charge in [0, 0.05) is 18.3 Å². The molecule has 3 heterocycles. The number of fused-ring (bicyclic) bond motifs is 1. The van der Waals surface area contributed by atoms with E-state index < -0.39 is 29.6 Å². The van der Waals surface area contributed by atoms with E-state index in [1.807, 2.05) is 43.3 Å². The second-order valence-electron chi connectivity index (χ2n) is 11.5. The van der Waals surface area contributed by atoms with Gasteiger partial charge in [-0.25, -0.2) is 4.39 Å². The topological polar surface area (TPSA) is 87.7 Å². The van der Waals surface area contributed by atoms with Gasteiger partial charge in [-0.05, 0) is 61.1 Å². The first-order chi connectivity index (χ1) is 18.8. The van der Waals surface area contributed by atoms with Gasteiger partial charge in [0.15, 0.2) is 0 Å². The van der Waals surface area contributed by atoms with E-state index in [1.54, 1.807) is 12.1 Å². The summed E-state index contributed by atoms with van der Waals surface area (Å²) in [6.45, 7) is 4.20. The first kappa shape index (κ1) is 25.7. The normalized spacial score (nSPS) is 32.8. The van der Waals surface area contributed by atoms with Gasteiger partial charge in [0.2, 0.25) is 17.7 Å². The number of likely N-dealkylation sites (tertiary alicyclic amines) is 1. The van der Waals surface area contributed by atoms with Crippen LogP contribution in [0.4, 0.5) is 10.1 Å². The number of amides is 3. The fraction of sp³-hybridized carbons (Fsp3) is 0.452. The van der Waals surface area contributed by atoms with Crippen molar-refractivity contribution < 1.29 is 23.5 Å². The zero-order chi connectivity index (χ0) is 27.3. The van der Waals surface area contributed by atoms with Crippen molar-refractivity contribution in [1.29, 1.82) is 0 Å². The van der Waals surface area contributed by atoms with Gasteiger partial charge in [0.25, 0.3) is 0 Å². The molecule has 6 rings (SSSR count). The molecule has 2 saturated heterocycles. The summed E-state index contributed by atoms with van der Waals surface area (Å²) in [6.07, 6.45) is 7.16. The number of rotatable bonds is 6. The average molecular weight is 532 g/mol. The lowest BCUT2D eigenvalue weighted by Crippen LogP contribution is -2.57. The third kappa shape index (κ3) is 4.44. The fourth-order valence-electron chi connectivity index (χ4n) is 6.97. The summed E-state index contributed by atoms with van der Waals surface area (Å²) in [5.41, 5.74) is 1.11. The molecule has 3 amide bonds. The third-order valence-corrected chi connectivity index (χ3v) is 8.92. The molecule has 8 heteroatoms. The Bertz CT molecular complexity index is 1330. The van der Waals surface area contributed by atoms with Crippen molar-refractivity contribution >= 4 is 23.4 Å². The SMILES string of the molecule is Cc1cccc(NC(=O)[C@H]2[C@H]3C=C[C@@]4(O3)[C@H]2C(=O)N(Cc2ccc(F)cc2)[C@@H]4C(=O)N[C@H]2CCCC[C@@H]2C)c1. The smallest absolute Gasteiger partial charge is 0.246 e. The van der Waals surface area contributed by atoms with E-state index in [0.717, 1.165) is 31.2 Å². The number of carbonyl (C=O) groups excluding carboxylic acids is 3. The van der Waals surface area contributed by atoms with Gasteiger partial charge in [-0.2, -0.15) is 0 Å². The fourth-order valence-corrected chi connectivity index (χ4v) is 6.97. The van der Waals surface area contributed by atoms with Crippen molar-refractivity contribution in [2.45, 2.75) is 69.9 Å². The lowest BCUT2D eigenvalue weighted by Gasteiger charge is -2.36. The van der Waals surface area contributed by atoms with E-state index in [0.29, 0.717) is 17.2 Å². The summed E-state index contributed by atoms with van der Waals surface area (Å²) >= 11 is 0. The Kier molecular flexibility index (Phi) is 6.53. The van der Waals surface area contributed by atoms with Gasteiger partial charge >= 0.3 is 0 Å². The molecule has 3 aliphatic heterocycles. The Hall–Kier alpha value is -3.52. The summed E-state index contributed by atoms with van der Waals surface area (Å²) in [6, 6.07) is 12.5. The quantitative estimate of drug-likeness (QED) is 0.549. The van der Waals surface area contributed by atoms with Crippen molar-refractivity contribution in [3.05, 3.63) is 77.6 Å². The van der Waals surface area contributed by atoms with E-state index in [1.165, 1.54) is 17.0 Å². The van der Waals surface area contributed by atoms with Crippen LogP contribution >= 0.6 is 0 Å². The van der Waals surface area contributed by atoms with Crippen LogP contribution in [0.3, 0.4) is 0 Å². The summed E-state index contributed by atoms with van der Waals surface area (Å²) < 4.78 is 20.0. The van der Waals surface area contributed by atoms with Crippen molar-refractivity contribution in [2.24, 2.45) is 17.8 Å². The van der Waals surface area contributed by atoms with E-state index in [2.05, 4.69) is 17.6 Å². The van der Waals surface area contributed by atoms with Crippen molar-refractivity contribution in [3.63, 3.8) is 0 Å². The van der Waals surface area contributed by atoms with Crippen molar-refractivity contribution in [3.8, 4) is 0 Å². The highest BCUT2D eigenvalue weighted by atomic mass is 19.1. The van der Waals surface area contributed by atoms with Gasteiger partial charge in [-0.3, -0.25) is 14.4 Å². The molecule has 2 bridgehead atoms.